The number of piperidine rings is 1. The van der Waals surface area contributed by atoms with E-state index in [2.05, 4.69) is 33.7 Å². The summed E-state index contributed by atoms with van der Waals surface area (Å²) in [5.74, 6) is 0.932. The van der Waals surface area contributed by atoms with Crippen molar-refractivity contribution in [3.63, 3.8) is 0 Å². The van der Waals surface area contributed by atoms with Gasteiger partial charge in [-0.25, -0.2) is 0 Å². The quantitative estimate of drug-likeness (QED) is 0.252. The van der Waals surface area contributed by atoms with Gasteiger partial charge >= 0.3 is 0 Å². The number of thioether (sulfide) groups is 1. The molecule has 0 spiro atoms. The zero-order valence-corrected chi connectivity index (χ0v) is 19.3. The maximum Gasteiger partial charge on any atom is 0.191 e. The van der Waals surface area contributed by atoms with Gasteiger partial charge in [0.1, 0.15) is 0 Å². The van der Waals surface area contributed by atoms with Crippen molar-refractivity contribution in [2.45, 2.75) is 56.2 Å². The number of halogens is 1. The van der Waals surface area contributed by atoms with Crippen LogP contribution in [0.2, 0.25) is 0 Å². The lowest BCUT2D eigenvalue weighted by Gasteiger charge is -2.36. The van der Waals surface area contributed by atoms with Crippen molar-refractivity contribution >= 4 is 41.7 Å². The smallest absolute Gasteiger partial charge is 0.191 e. The minimum Gasteiger partial charge on any atom is -0.381 e. The Balaban J connectivity index is 0.00000312. The van der Waals surface area contributed by atoms with Crippen LogP contribution in [0.1, 0.15) is 45.4 Å². The Labute approximate surface area is 175 Å². The zero-order chi connectivity index (χ0) is 17.3. The van der Waals surface area contributed by atoms with Crippen LogP contribution >= 0.6 is 35.7 Å². The van der Waals surface area contributed by atoms with Gasteiger partial charge in [0.05, 0.1) is 0 Å². The third-order valence-corrected chi connectivity index (χ3v) is 6.91. The van der Waals surface area contributed by atoms with Crippen LogP contribution in [-0.4, -0.2) is 74.3 Å². The lowest BCUT2D eigenvalue weighted by Crippen LogP contribution is -2.48. The first-order chi connectivity index (χ1) is 11.7. The van der Waals surface area contributed by atoms with Crippen LogP contribution in [0.3, 0.4) is 0 Å². The normalized spacial score (nSPS) is 24.4. The fourth-order valence-corrected chi connectivity index (χ4v) is 4.43. The Bertz CT molecular complexity index is 391. The molecule has 2 aliphatic rings. The summed E-state index contributed by atoms with van der Waals surface area (Å²) in [4.78, 5) is 7.01. The maximum atomic E-state index is 5.51. The first-order valence-corrected chi connectivity index (χ1v) is 10.7. The molecule has 148 valence electrons. The Hall–Kier alpha value is 0.270. The second kappa shape index (κ2) is 12.6. The molecule has 2 fully saturated rings. The molecule has 0 radical (unpaired) electrons. The summed E-state index contributed by atoms with van der Waals surface area (Å²) in [6.07, 6.45) is 9.73. The lowest BCUT2D eigenvalue weighted by atomic mass is 9.99. The highest BCUT2D eigenvalue weighted by Gasteiger charge is 2.31. The Morgan fingerprint density at radius 3 is 2.68 bits per heavy atom. The number of hydrogen-bond donors (Lipinski definition) is 2. The molecule has 0 aromatic heterocycles. The number of ether oxygens (including phenoxy) is 1. The fraction of sp³-hybridized carbons (Fsp3) is 0.944. The number of nitrogens with zero attached hydrogens (tertiary/aromatic N) is 2. The minimum atomic E-state index is 0. The van der Waals surface area contributed by atoms with Gasteiger partial charge in [0.2, 0.25) is 0 Å². The predicted molar refractivity (Wildman–Crippen MR) is 121 cm³/mol. The maximum absolute atomic E-state index is 5.51. The molecule has 2 N–H and O–H groups in total. The molecule has 0 saturated carbocycles. The van der Waals surface area contributed by atoms with Crippen molar-refractivity contribution in [3.05, 3.63) is 0 Å². The molecule has 2 aliphatic heterocycles. The summed E-state index contributed by atoms with van der Waals surface area (Å²) in [5, 5.41) is 7.00. The highest BCUT2D eigenvalue weighted by molar-refractivity contribution is 14.0. The Morgan fingerprint density at radius 1 is 1.28 bits per heavy atom. The molecular formula is C18H37IN4OS. The number of rotatable bonds is 7. The monoisotopic (exact) mass is 484 g/mol. The van der Waals surface area contributed by atoms with E-state index < -0.39 is 0 Å². The number of aliphatic imine (C=N–C) groups is 1. The molecule has 0 aliphatic carbocycles. The third-order valence-electron chi connectivity index (χ3n) is 5.49. The number of guanidine groups is 1. The van der Waals surface area contributed by atoms with Crippen LogP contribution in [0, 0.1) is 0 Å². The molecule has 1 atom stereocenters. The molecule has 1 unspecified atom stereocenters. The molecule has 5 nitrogen and oxygen atoms in total. The summed E-state index contributed by atoms with van der Waals surface area (Å²) in [6.45, 7) is 8.52. The van der Waals surface area contributed by atoms with Crippen LogP contribution in [0.5, 0.6) is 0 Å². The molecule has 0 aromatic carbocycles. The summed E-state index contributed by atoms with van der Waals surface area (Å²) in [5.41, 5.74) is 0. The summed E-state index contributed by atoms with van der Waals surface area (Å²) in [6, 6.07) is 0.756. The fourth-order valence-electron chi connectivity index (χ4n) is 3.64. The van der Waals surface area contributed by atoms with E-state index in [0.29, 0.717) is 4.75 Å². The van der Waals surface area contributed by atoms with E-state index in [9.17, 15) is 0 Å². The molecule has 2 saturated heterocycles. The molecule has 0 bridgehead atoms. The average molecular weight is 484 g/mol. The van der Waals surface area contributed by atoms with E-state index in [1.54, 1.807) is 0 Å². The molecule has 25 heavy (non-hydrogen) atoms. The van der Waals surface area contributed by atoms with Gasteiger partial charge in [0.25, 0.3) is 0 Å². The SMILES string of the molecule is CN=C(NCCCN1CCCCC1C)NCC1(SC)CCOCC1.I. The van der Waals surface area contributed by atoms with E-state index in [-0.39, 0.29) is 24.0 Å². The first-order valence-electron chi connectivity index (χ1n) is 9.50. The van der Waals surface area contributed by atoms with Gasteiger partial charge in [-0.05, 0) is 51.8 Å². The topological polar surface area (TPSA) is 48.9 Å². The number of likely N-dealkylation sites (tertiary alicyclic amines) is 1. The Kier molecular flexibility index (Phi) is 11.8. The van der Waals surface area contributed by atoms with Gasteiger partial charge < -0.3 is 20.3 Å². The molecule has 0 aromatic rings. The van der Waals surface area contributed by atoms with Crippen LogP contribution in [0.15, 0.2) is 4.99 Å². The highest BCUT2D eigenvalue weighted by atomic mass is 127. The second-order valence-electron chi connectivity index (χ2n) is 7.09. The predicted octanol–water partition coefficient (Wildman–Crippen LogP) is 2.95. The summed E-state index contributed by atoms with van der Waals surface area (Å²) < 4.78 is 5.80. The average Bonchev–Trinajstić information content (AvgIpc) is 2.63. The molecule has 7 heteroatoms. The molecule has 0 amide bonds. The third kappa shape index (κ3) is 7.81. The zero-order valence-electron chi connectivity index (χ0n) is 16.2. The molecular weight excluding hydrogens is 447 g/mol. The van der Waals surface area contributed by atoms with Crippen LogP contribution in [-0.2, 0) is 4.74 Å². The van der Waals surface area contributed by atoms with E-state index in [1.165, 1.54) is 38.8 Å². The van der Waals surface area contributed by atoms with Gasteiger partial charge in [-0.15, -0.1) is 24.0 Å². The first kappa shape index (κ1) is 23.3. The van der Waals surface area contributed by atoms with Crippen molar-refractivity contribution in [2.24, 2.45) is 4.99 Å². The van der Waals surface area contributed by atoms with Crippen molar-refractivity contribution in [2.75, 3.05) is 52.7 Å². The van der Waals surface area contributed by atoms with E-state index >= 15 is 0 Å². The molecule has 2 rings (SSSR count). The highest BCUT2D eigenvalue weighted by Crippen LogP contribution is 2.32. The van der Waals surface area contributed by atoms with Gasteiger partial charge in [-0.2, -0.15) is 11.8 Å². The van der Waals surface area contributed by atoms with E-state index in [4.69, 9.17) is 4.74 Å². The largest absolute Gasteiger partial charge is 0.381 e. The van der Waals surface area contributed by atoms with Crippen LogP contribution in [0.25, 0.3) is 0 Å². The van der Waals surface area contributed by atoms with Gasteiger partial charge in [0.15, 0.2) is 5.96 Å². The van der Waals surface area contributed by atoms with Crippen LogP contribution < -0.4 is 10.6 Å². The van der Waals surface area contributed by atoms with Crippen molar-refractivity contribution in [3.8, 4) is 0 Å². The van der Waals surface area contributed by atoms with Crippen molar-refractivity contribution in [1.29, 1.82) is 0 Å². The van der Waals surface area contributed by atoms with Gasteiger partial charge in [-0.3, -0.25) is 4.99 Å². The Morgan fingerprint density at radius 2 is 2.04 bits per heavy atom. The van der Waals surface area contributed by atoms with E-state index in [1.807, 2.05) is 18.8 Å². The lowest BCUT2D eigenvalue weighted by molar-refractivity contribution is 0.0783. The minimum absolute atomic E-state index is 0. The van der Waals surface area contributed by atoms with Gasteiger partial charge in [-0.1, -0.05) is 6.42 Å². The number of hydrogen-bond acceptors (Lipinski definition) is 4. The van der Waals surface area contributed by atoms with Crippen molar-refractivity contribution in [1.82, 2.24) is 15.5 Å². The summed E-state index contributed by atoms with van der Waals surface area (Å²) in [7, 11) is 1.86. The van der Waals surface area contributed by atoms with Crippen molar-refractivity contribution < 1.29 is 4.74 Å². The van der Waals surface area contributed by atoms with E-state index in [0.717, 1.165) is 51.1 Å². The standard InChI is InChI=1S/C18H36N4OS.HI/c1-16-7-4-5-11-22(16)12-6-10-20-17(19-2)21-15-18(24-3)8-13-23-14-9-18;/h16H,4-15H2,1-3H3,(H2,19,20,21);1H. The number of nitrogens with one attached hydrogen (secondary N) is 2. The molecule has 2 heterocycles. The second-order valence-corrected chi connectivity index (χ2v) is 8.36. The summed E-state index contributed by atoms with van der Waals surface area (Å²) >= 11 is 1.96. The van der Waals surface area contributed by atoms with Gasteiger partial charge in [0, 0.05) is 50.7 Å². The van der Waals surface area contributed by atoms with Crippen LogP contribution in [0.4, 0.5) is 0 Å².